The Hall–Kier alpha value is -6.58. The highest BCUT2D eigenvalue weighted by molar-refractivity contribution is 8.14. The first-order chi connectivity index (χ1) is 50.4. The average Bonchev–Trinajstić information content (AvgIpc) is 2.01. The number of aryl methyl sites for hydroxylation is 4. The van der Waals surface area contributed by atoms with Gasteiger partial charge in [0, 0.05) is 95.7 Å². The molecule has 2 atom stereocenters. The van der Waals surface area contributed by atoms with Crippen molar-refractivity contribution in [3.05, 3.63) is 167 Å². The van der Waals surface area contributed by atoms with Crippen LogP contribution in [0.15, 0.2) is 141 Å². The summed E-state index contributed by atoms with van der Waals surface area (Å²) in [6.45, 7) is 6.50. The first-order valence-corrected chi connectivity index (χ1v) is 38.7. The molecule has 8 aromatic rings. The molecule has 25 nitrogen and oxygen atoms in total. The highest BCUT2D eigenvalue weighted by Crippen LogP contribution is 2.25. The van der Waals surface area contributed by atoms with Gasteiger partial charge in [0.15, 0.2) is 20.5 Å². The molecule has 0 aliphatic carbocycles. The highest BCUT2D eigenvalue weighted by atomic mass is 32.2. The molecular formula is C70H94B4N12O13S4. The lowest BCUT2D eigenvalue weighted by atomic mass is 9.97. The van der Waals surface area contributed by atoms with Crippen LogP contribution in [0.1, 0.15) is 70.7 Å². The second kappa shape index (κ2) is 48.5. The quantitative estimate of drug-likeness (QED) is 0.0287. The molecule has 2 unspecified atom stereocenters. The van der Waals surface area contributed by atoms with E-state index in [1.165, 1.54) is 69.3 Å². The van der Waals surface area contributed by atoms with Gasteiger partial charge in [-0.1, -0.05) is 164 Å². The van der Waals surface area contributed by atoms with Gasteiger partial charge in [-0.05, 0) is 48.5 Å². The fraction of sp³-hybridized carbons (Fsp3) is 0.486. The van der Waals surface area contributed by atoms with Crippen molar-refractivity contribution in [2.75, 3.05) is 106 Å². The van der Waals surface area contributed by atoms with E-state index in [0.717, 1.165) is 67.6 Å². The highest BCUT2D eigenvalue weighted by Gasteiger charge is 2.18. The van der Waals surface area contributed by atoms with Gasteiger partial charge in [0.1, 0.15) is 43.6 Å². The van der Waals surface area contributed by atoms with Crippen molar-refractivity contribution in [3.8, 4) is 0 Å². The third-order valence-corrected chi connectivity index (χ3v) is 19.7. The lowest BCUT2D eigenvalue weighted by Gasteiger charge is -2.22. The van der Waals surface area contributed by atoms with Crippen LogP contribution in [0.25, 0.3) is 0 Å². The Morgan fingerprint density at radius 2 is 0.544 bits per heavy atom. The molecule has 0 aliphatic heterocycles. The number of rotatable bonds is 54. The lowest BCUT2D eigenvalue weighted by molar-refractivity contribution is -0.111. The zero-order chi connectivity index (χ0) is 72.3. The van der Waals surface area contributed by atoms with E-state index in [9.17, 15) is 19.2 Å². The fourth-order valence-electron chi connectivity index (χ4n) is 9.95. The summed E-state index contributed by atoms with van der Waals surface area (Å²) < 4.78 is 61.6. The Morgan fingerprint density at radius 3 is 0.796 bits per heavy atom. The summed E-state index contributed by atoms with van der Waals surface area (Å²) in [5, 5.41) is 34.3. The van der Waals surface area contributed by atoms with E-state index in [4.69, 9.17) is 42.6 Å². The summed E-state index contributed by atoms with van der Waals surface area (Å²) in [5.41, 5.74) is 7.89. The van der Waals surface area contributed by atoms with E-state index in [0.29, 0.717) is 144 Å². The van der Waals surface area contributed by atoms with Gasteiger partial charge in [-0.3, -0.25) is 19.2 Å². The van der Waals surface area contributed by atoms with Crippen molar-refractivity contribution in [1.82, 2.24) is 60.0 Å². The number of carbonyl (C=O) groups excluding carboxylic acids is 4. The molecule has 0 saturated carbocycles. The minimum Gasteiger partial charge on any atom is -0.377 e. The van der Waals surface area contributed by atoms with Crippen LogP contribution < -0.4 is 0 Å². The summed E-state index contributed by atoms with van der Waals surface area (Å²) in [4.78, 5) is 54.5. The molecule has 0 spiro atoms. The largest absolute Gasteiger partial charge is 0.377 e. The summed E-state index contributed by atoms with van der Waals surface area (Å²) in [6.07, 6.45) is 13.6. The molecular weight excluding hydrogens is 1390 g/mol. The molecule has 8 rings (SSSR count). The SMILES string of the molecule is BCc1ccc(SC(=O)CCc2cn(CCOCCOCC(COCC(COCCOCCn3cc(CCC(=O)Sc4ccc(CB)cc4)nn3)OCCOCCn3cc(CCC(=O)Sc4ccc(CB)cc4)nn3)OCCOCCn3cc(CCC(=O)Sc4ccc(CB)cc4)nn3)nn2)cc1. The molecule has 0 bridgehead atoms. The van der Waals surface area contributed by atoms with E-state index < -0.39 is 12.2 Å². The molecule has 0 saturated heterocycles. The monoisotopic (exact) mass is 1480 g/mol. The Balaban J connectivity index is 0.767. The number of ether oxygens (including phenoxy) is 9. The average molecular weight is 1480 g/mol. The van der Waals surface area contributed by atoms with Gasteiger partial charge >= 0.3 is 0 Å². The van der Waals surface area contributed by atoms with Crippen molar-refractivity contribution in [2.24, 2.45) is 0 Å². The van der Waals surface area contributed by atoms with Gasteiger partial charge in [0.25, 0.3) is 0 Å². The molecule has 103 heavy (non-hydrogen) atoms. The molecule has 0 fully saturated rings. The smallest absolute Gasteiger partial charge is 0.194 e. The molecule has 4 aromatic heterocycles. The third-order valence-electron chi connectivity index (χ3n) is 15.9. The maximum atomic E-state index is 12.7. The standard InChI is InChI=1S/C70H94B4N12O13S4/c71-41-53-1-13-63(14-2-53)100-67(87)21-9-57-45-83(79-75-57)25-29-91-33-35-95-49-61(98-39-37-93-31-27-85-47-59(77-81-85)11-23-69(89)102-65-17-5-55(43-73)6-18-65)51-97-52-62(99-40-38-94-32-28-86-48-60(78-82-86)12-24-70(90)103-66-19-7-56(44-74)8-20-66)50-96-36-34-92-30-26-84-46-58(76-80-84)10-22-68(88)101-64-15-3-54(42-72)4-16-64/h1-8,13-20,45-48,61-62H,9-12,21-44,49-52,71-74H2. The molecule has 0 aliphatic rings. The first kappa shape index (κ1) is 82.1. The van der Waals surface area contributed by atoms with Gasteiger partial charge in [-0.25, -0.2) is 18.7 Å². The number of hydrogen-bond donors (Lipinski definition) is 0. The predicted octanol–water partition coefficient (Wildman–Crippen LogP) is 4.58. The first-order valence-electron chi connectivity index (χ1n) is 35.5. The molecule has 548 valence electrons. The van der Waals surface area contributed by atoms with E-state index in [1.807, 2.05) is 73.3 Å². The minimum absolute atomic E-state index is 0.0737. The summed E-state index contributed by atoms with van der Waals surface area (Å²) in [6, 6.07) is 32.3. The fourth-order valence-corrected chi connectivity index (χ4v) is 12.9. The number of nitrogens with zero attached hydrogens (tertiary/aromatic N) is 12. The lowest BCUT2D eigenvalue weighted by Crippen LogP contribution is -2.32. The van der Waals surface area contributed by atoms with Crippen molar-refractivity contribution in [3.63, 3.8) is 0 Å². The van der Waals surface area contributed by atoms with E-state index in [2.05, 4.69) is 121 Å². The minimum atomic E-state index is -0.478. The van der Waals surface area contributed by atoms with Crippen LogP contribution in [-0.2, 0) is 139 Å². The van der Waals surface area contributed by atoms with Crippen LogP contribution >= 0.6 is 47.0 Å². The van der Waals surface area contributed by atoms with Crippen molar-refractivity contribution >= 4 is 98.9 Å². The van der Waals surface area contributed by atoms with Crippen LogP contribution in [0.3, 0.4) is 0 Å². The van der Waals surface area contributed by atoms with Gasteiger partial charge in [0.2, 0.25) is 0 Å². The molecule has 4 heterocycles. The van der Waals surface area contributed by atoms with Crippen LogP contribution in [0.4, 0.5) is 0 Å². The Kier molecular flexibility index (Phi) is 38.7. The number of aromatic nitrogens is 12. The zero-order valence-electron chi connectivity index (χ0n) is 59.6. The van der Waals surface area contributed by atoms with E-state index >= 15 is 0 Å². The number of hydrogen-bond acceptors (Lipinski definition) is 25. The zero-order valence-corrected chi connectivity index (χ0v) is 62.9. The van der Waals surface area contributed by atoms with Crippen molar-refractivity contribution < 1.29 is 61.8 Å². The van der Waals surface area contributed by atoms with Crippen LogP contribution in [0.5, 0.6) is 0 Å². The van der Waals surface area contributed by atoms with E-state index in [1.54, 1.807) is 18.7 Å². The molecule has 0 radical (unpaired) electrons. The number of benzene rings is 4. The van der Waals surface area contributed by atoms with Gasteiger partial charge in [-0.15, -0.1) is 20.4 Å². The summed E-state index contributed by atoms with van der Waals surface area (Å²) in [7, 11) is 8.42. The van der Waals surface area contributed by atoms with Crippen LogP contribution in [0.2, 0.25) is 0 Å². The van der Waals surface area contributed by atoms with Gasteiger partial charge in [0.05, 0.1) is 155 Å². The molecule has 4 aromatic carbocycles. The summed E-state index contributed by atoms with van der Waals surface area (Å²) >= 11 is 4.98. The normalized spacial score (nSPS) is 12.1. The maximum absolute atomic E-state index is 12.7. The molecule has 0 N–H and O–H groups in total. The van der Waals surface area contributed by atoms with Crippen LogP contribution in [0, 0.1) is 0 Å². The van der Waals surface area contributed by atoms with Gasteiger partial charge < -0.3 is 42.6 Å². The number of thioether (sulfide) groups is 4. The van der Waals surface area contributed by atoms with Crippen molar-refractivity contribution in [1.29, 1.82) is 0 Å². The van der Waals surface area contributed by atoms with Gasteiger partial charge in [-0.2, -0.15) is 0 Å². The third kappa shape index (κ3) is 33.6. The number of carbonyl (C=O) groups is 4. The maximum Gasteiger partial charge on any atom is 0.194 e. The Morgan fingerprint density at radius 1 is 0.311 bits per heavy atom. The van der Waals surface area contributed by atoms with Crippen molar-refractivity contribution in [2.45, 2.75) is 135 Å². The second-order valence-corrected chi connectivity index (χ2v) is 28.4. The Bertz CT molecular complexity index is 3480. The topological polar surface area (TPSA) is 274 Å². The second-order valence-electron chi connectivity index (χ2n) is 23.9. The molecule has 0 amide bonds. The van der Waals surface area contributed by atoms with E-state index in [-0.39, 0.29) is 60.1 Å². The summed E-state index contributed by atoms with van der Waals surface area (Å²) in [5.74, 6) is 0. The Labute approximate surface area is 624 Å². The van der Waals surface area contributed by atoms with Crippen LogP contribution in [-0.4, -0.2) is 230 Å². The molecule has 33 heteroatoms. The predicted molar refractivity (Wildman–Crippen MR) is 407 cm³/mol.